The maximum atomic E-state index is 14.1. The summed E-state index contributed by atoms with van der Waals surface area (Å²) in [6.07, 6.45) is 1.58. The highest BCUT2D eigenvalue weighted by atomic mass is 79.9. The largest absolute Gasteiger partial charge is 0.494 e. The summed E-state index contributed by atoms with van der Waals surface area (Å²) in [7, 11) is 1.38. The summed E-state index contributed by atoms with van der Waals surface area (Å²) in [4.78, 5) is 11.1. The molecular formula is C13H16BrFO3. The monoisotopic (exact) mass is 318 g/mol. The molecule has 0 unspecified atom stereocenters. The van der Waals surface area contributed by atoms with E-state index in [1.54, 1.807) is 0 Å². The molecule has 1 N–H and O–H groups in total. The molecule has 0 aliphatic heterocycles. The van der Waals surface area contributed by atoms with Gasteiger partial charge in [-0.2, -0.15) is 0 Å². The Hall–Kier alpha value is -0.940. The van der Waals surface area contributed by atoms with Crippen LogP contribution in [0.25, 0.3) is 0 Å². The van der Waals surface area contributed by atoms with Crippen molar-refractivity contribution in [2.24, 2.45) is 5.92 Å². The molecule has 3 nitrogen and oxygen atoms in total. The molecule has 0 aromatic heterocycles. The summed E-state index contributed by atoms with van der Waals surface area (Å²) >= 11 is 3.23. The van der Waals surface area contributed by atoms with E-state index in [1.165, 1.54) is 13.2 Å². The predicted octanol–water partition coefficient (Wildman–Crippen LogP) is 2.97. The number of carbonyl (C=O) groups excluding carboxylic acids is 1. The van der Waals surface area contributed by atoms with Crippen LogP contribution in [0, 0.1) is 11.7 Å². The molecule has 100 valence electrons. The molecule has 0 aliphatic rings. The van der Waals surface area contributed by atoms with Crippen LogP contribution < -0.4 is 4.74 Å². The molecule has 1 atom stereocenters. The quantitative estimate of drug-likeness (QED) is 0.820. The number of aliphatic hydroxyl groups excluding tert-OH is 1. The Morgan fingerprint density at radius 1 is 1.61 bits per heavy atom. The van der Waals surface area contributed by atoms with Crippen LogP contribution in [0.15, 0.2) is 10.5 Å². The topological polar surface area (TPSA) is 46.5 Å². The number of methoxy groups -OCH3 is 1. The van der Waals surface area contributed by atoms with Crippen molar-refractivity contribution in [3.63, 3.8) is 0 Å². The second-order valence-corrected chi connectivity index (χ2v) is 5.06. The molecule has 1 aromatic rings. The van der Waals surface area contributed by atoms with Crippen LogP contribution in [0.1, 0.15) is 29.3 Å². The summed E-state index contributed by atoms with van der Waals surface area (Å²) in [6, 6.07) is 1.44. The normalized spacial score (nSPS) is 12.3. The number of aldehydes is 1. The maximum Gasteiger partial charge on any atom is 0.169 e. The van der Waals surface area contributed by atoms with Gasteiger partial charge >= 0.3 is 0 Å². The Labute approximate surface area is 114 Å². The highest BCUT2D eigenvalue weighted by molar-refractivity contribution is 9.10. The first-order chi connectivity index (χ1) is 8.54. The van der Waals surface area contributed by atoms with Crippen molar-refractivity contribution >= 4 is 22.2 Å². The Kier molecular flexibility index (Phi) is 5.75. The van der Waals surface area contributed by atoms with Gasteiger partial charge in [-0.05, 0) is 40.8 Å². The number of hydrogen-bond acceptors (Lipinski definition) is 3. The van der Waals surface area contributed by atoms with Crippen molar-refractivity contribution in [2.75, 3.05) is 13.7 Å². The van der Waals surface area contributed by atoms with Gasteiger partial charge in [0.1, 0.15) is 0 Å². The van der Waals surface area contributed by atoms with E-state index in [4.69, 9.17) is 9.84 Å². The van der Waals surface area contributed by atoms with Gasteiger partial charge in [0.15, 0.2) is 17.9 Å². The molecule has 0 fully saturated rings. The van der Waals surface area contributed by atoms with Crippen LogP contribution in [0.5, 0.6) is 5.75 Å². The van der Waals surface area contributed by atoms with Gasteiger partial charge in [0, 0.05) is 22.2 Å². The molecule has 0 spiro atoms. The zero-order chi connectivity index (χ0) is 13.7. The first-order valence-electron chi connectivity index (χ1n) is 5.66. The third-order valence-electron chi connectivity index (χ3n) is 2.83. The van der Waals surface area contributed by atoms with E-state index in [2.05, 4.69) is 15.9 Å². The molecule has 0 aliphatic carbocycles. The molecule has 1 aromatic carbocycles. The first kappa shape index (κ1) is 15.1. The molecule has 0 bridgehead atoms. The zero-order valence-electron chi connectivity index (χ0n) is 10.4. The summed E-state index contributed by atoms with van der Waals surface area (Å²) in [6.45, 7) is 1.95. The molecule has 0 radical (unpaired) electrons. The van der Waals surface area contributed by atoms with Crippen molar-refractivity contribution in [2.45, 2.75) is 19.8 Å². The minimum Gasteiger partial charge on any atom is -0.494 e. The zero-order valence-corrected chi connectivity index (χ0v) is 12.0. The fraction of sp³-hybridized carbons (Fsp3) is 0.462. The second-order valence-electron chi connectivity index (χ2n) is 4.21. The standard InChI is InChI=1S/C13H16BrFO3/c1-8(3-4-16)5-9-10(7-17)11(14)6-12(18-2)13(9)15/h6-8,16H,3-5H2,1-2H3/t8-/m0/s1. The minimum absolute atomic E-state index is 0.0460. The summed E-state index contributed by atoms with van der Waals surface area (Å²) < 4.78 is 19.6. The predicted molar refractivity (Wildman–Crippen MR) is 70.6 cm³/mol. The van der Waals surface area contributed by atoms with E-state index in [0.717, 1.165) is 0 Å². The Balaban J connectivity index is 3.21. The van der Waals surface area contributed by atoms with Crippen LogP contribution >= 0.6 is 15.9 Å². The number of ether oxygens (including phenoxy) is 1. The molecule has 1 rings (SSSR count). The van der Waals surface area contributed by atoms with Crippen molar-refractivity contribution in [1.82, 2.24) is 0 Å². The average Bonchev–Trinajstić information content (AvgIpc) is 2.34. The Bertz CT molecular complexity index is 435. The highest BCUT2D eigenvalue weighted by Crippen LogP contribution is 2.31. The summed E-state index contributed by atoms with van der Waals surface area (Å²) in [5, 5.41) is 8.87. The van der Waals surface area contributed by atoms with Gasteiger partial charge < -0.3 is 9.84 Å². The van der Waals surface area contributed by atoms with Gasteiger partial charge in [-0.15, -0.1) is 0 Å². The SMILES string of the molecule is COc1cc(Br)c(C=O)c(C[C@@H](C)CCO)c1F. The molecule has 5 heteroatoms. The molecule has 0 saturated carbocycles. The summed E-state index contributed by atoms with van der Waals surface area (Å²) in [5.74, 6) is -0.312. The first-order valence-corrected chi connectivity index (χ1v) is 6.45. The van der Waals surface area contributed by atoms with Crippen molar-refractivity contribution < 1.29 is 19.0 Å². The highest BCUT2D eigenvalue weighted by Gasteiger charge is 2.19. The number of aliphatic hydroxyl groups is 1. The lowest BCUT2D eigenvalue weighted by atomic mass is 9.94. The van der Waals surface area contributed by atoms with Crippen LogP contribution in [0.4, 0.5) is 4.39 Å². The molecule has 0 heterocycles. The van der Waals surface area contributed by atoms with Crippen molar-refractivity contribution in [1.29, 1.82) is 0 Å². The lowest BCUT2D eigenvalue weighted by molar-refractivity contribution is 0.112. The van der Waals surface area contributed by atoms with Gasteiger partial charge in [0.2, 0.25) is 0 Å². The number of carbonyl (C=O) groups is 1. The van der Waals surface area contributed by atoms with E-state index < -0.39 is 5.82 Å². The number of halogens is 2. The van der Waals surface area contributed by atoms with E-state index in [-0.39, 0.29) is 18.3 Å². The molecular weight excluding hydrogens is 303 g/mol. The third kappa shape index (κ3) is 3.29. The molecule has 0 amide bonds. The number of benzene rings is 1. The lowest BCUT2D eigenvalue weighted by Gasteiger charge is -2.15. The van der Waals surface area contributed by atoms with Crippen molar-refractivity contribution in [3.8, 4) is 5.75 Å². The van der Waals surface area contributed by atoms with Crippen LogP contribution in [0.2, 0.25) is 0 Å². The number of hydrogen-bond donors (Lipinski definition) is 1. The molecule has 0 saturated heterocycles. The molecule has 18 heavy (non-hydrogen) atoms. The van der Waals surface area contributed by atoms with Gasteiger partial charge in [0.25, 0.3) is 0 Å². The third-order valence-corrected chi connectivity index (χ3v) is 3.49. The van der Waals surface area contributed by atoms with Gasteiger partial charge in [-0.1, -0.05) is 6.92 Å². The van der Waals surface area contributed by atoms with Gasteiger partial charge in [0.05, 0.1) is 7.11 Å². The fourth-order valence-corrected chi connectivity index (χ4v) is 2.35. The summed E-state index contributed by atoms with van der Waals surface area (Å²) in [5.41, 5.74) is 0.635. The minimum atomic E-state index is -0.507. The smallest absolute Gasteiger partial charge is 0.169 e. The van der Waals surface area contributed by atoms with E-state index in [0.29, 0.717) is 34.7 Å². The van der Waals surface area contributed by atoms with E-state index in [9.17, 15) is 9.18 Å². The Morgan fingerprint density at radius 3 is 2.78 bits per heavy atom. The van der Waals surface area contributed by atoms with Crippen LogP contribution in [-0.4, -0.2) is 25.1 Å². The van der Waals surface area contributed by atoms with Crippen molar-refractivity contribution in [3.05, 3.63) is 27.5 Å². The van der Waals surface area contributed by atoms with Gasteiger partial charge in [-0.3, -0.25) is 4.79 Å². The van der Waals surface area contributed by atoms with Crippen LogP contribution in [0.3, 0.4) is 0 Å². The van der Waals surface area contributed by atoms with E-state index in [1.807, 2.05) is 6.92 Å². The second kappa shape index (κ2) is 6.85. The van der Waals surface area contributed by atoms with Crippen LogP contribution in [-0.2, 0) is 6.42 Å². The fourth-order valence-electron chi connectivity index (χ4n) is 1.81. The average molecular weight is 319 g/mol. The lowest BCUT2D eigenvalue weighted by Crippen LogP contribution is -2.08. The number of rotatable bonds is 6. The Morgan fingerprint density at radius 2 is 2.28 bits per heavy atom. The maximum absolute atomic E-state index is 14.1. The van der Waals surface area contributed by atoms with Gasteiger partial charge in [-0.25, -0.2) is 4.39 Å². The van der Waals surface area contributed by atoms with E-state index >= 15 is 0 Å².